The number of nitrogens with zero attached hydrogens (tertiary/aromatic N) is 1. The number of hydrogen-bond acceptors (Lipinski definition) is 2. The number of likely N-dealkylation sites (N-methyl/N-ethyl adjacent to an activating group) is 2. The maximum atomic E-state index is 3.74. The number of rotatable bonds is 6. The highest BCUT2D eigenvalue weighted by atomic mass is 15.2. The summed E-state index contributed by atoms with van der Waals surface area (Å²) in [6, 6.07) is 1.63. The molecule has 2 rings (SSSR count). The molecule has 17 heavy (non-hydrogen) atoms. The predicted molar refractivity (Wildman–Crippen MR) is 74.3 cm³/mol. The lowest BCUT2D eigenvalue weighted by Crippen LogP contribution is -2.49. The fourth-order valence-corrected chi connectivity index (χ4v) is 3.47. The molecule has 0 saturated heterocycles. The van der Waals surface area contributed by atoms with Gasteiger partial charge in [0, 0.05) is 18.6 Å². The number of nitrogens with one attached hydrogen (secondary N) is 1. The topological polar surface area (TPSA) is 15.3 Å². The van der Waals surface area contributed by atoms with Crippen LogP contribution in [-0.2, 0) is 0 Å². The highest BCUT2D eigenvalue weighted by Crippen LogP contribution is 2.29. The lowest BCUT2D eigenvalue weighted by Gasteiger charge is -2.39. The molecule has 0 amide bonds. The second-order valence-corrected chi connectivity index (χ2v) is 6.09. The van der Waals surface area contributed by atoms with Gasteiger partial charge in [-0.2, -0.15) is 0 Å². The Kier molecular flexibility index (Phi) is 5.30. The number of hydrogen-bond donors (Lipinski definition) is 1. The maximum absolute atomic E-state index is 3.74. The lowest BCUT2D eigenvalue weighted by atomic mass is 9.83. The third-order valence-electron chi connectivity index (χ3n) is 4.87. The van der Waals surface area contributed by atoms with Crippen LogP contribution in [-0.4, -0.2) is 37.1 Å². The SMILES string of the molecule is CCNC(CN(C)C1CCC1)C1CCCCC1. The molecular weight excluding hydrogens is 208 g/mol. The zero-order valence-corrected chi connectivity index (χ0v) is 11.8. The highest BCUT2D eigenvalue weighted by molar-refractivity contribution is 4.85. The Balaban J connectivity index is 1.81. The second-order valence-electron chi connectivity index (χ2n) is 6.09. The minimum Gasteiger partial charge on any atom is -0.313 e. The van der Waals surface area contributed by atoms with Gasteiger partial charge in [0.1, 0.15) is 0 Å². The van der Waals surface area contributed by atoms with Gasteiger partial charge in [-0.1, -0.05) is 32.6 Å². The summed E-state index contributed by atoms with van der Waals surface area (Å²) in [6.07, 6.45) is 11.6. The molecule has 2 nitrogen and oxygen atoms in total. The summed E-state index contributed by atoms with van der Waals surface area (Å²) >= 11 is 0. The standard InChI is InChI=1S/C15H30N2/c1-3-16-15(13-8-5-4-6-9-13)12-17(2)14-10-7-11-14/h13-16H,3-12H2,1-2H3. The first-order valence-corrected chi connectivity index (χ1v) is 7.75. The van der Waals surface area contributed by atoms with Crippen molar-refractivity contribution in [2.24, 2.45) is 5.92 Å². The van der Waals surface area contributed by atoms with E-state index in [-0.39, 0.29) is 0 Å². The van der Waals surface area contributed by atoms with E-state index in [2.05, 4.69) is 24.2 Å². The van der Waals surface area contributed by atoms with Crippen LogP contribution in [0.25, 0.3) is 0 Å². The molecule has 2 saturated carbocycles. The molecule has 0 radical (unpaired) electrons. The quantitative estimate of drug-likeness (QED) is 0.765. The van der Waals surface area contributed by atoms with Gasteiger partial charge in [-0.05, 0) is 45.2 Å². The average Bonchev–Trinajstić information content (AvgIpc) is 2.27. The maximum Gasteiger partial charge on any atom is 0.0223 e. The summed E-state index contributed by atoms with van der Waals surface area (Å²) in [7, 11) is 2.33. The van der Waals surface area contributed by atoms with E-state index in [1.54, 1.807) is 0 Å². The Hall–Kier alpha value is -0.0800. The van der Waals surface area contributed by atoms with Gasteiger partial charge >= 0.3 is 0 Å². The van der Waals surface area contributed by atoms with Gasteiger partial charge in [0.05, 0.1) is 0 Å². The summed E-state index contributed by atoms with van der Waals surface area (Å²) < 4.78 is 0. The molecular formula is C15H30N2. The van der Waals surface area contributed by atoms with E-state index in [4.69, 9.17) is 0 Å². The molecule has 2 heteroatoms. The third kappa shape index (κ3) is 3.69. The second kappa shape index (κ2) is 6.75. The van der Waals surface area contributed by atoms with Crippen molar-refractivity contribution >= 4 is 0 Å². The summed E-state index contributed by atoms with van der Waals surface area (Å²) in [4.78, 5) is 2.62. The summed E-state index contributed by atoms with van der Waals surface area (Å²) in [5.74, 6) is 0.936. The molecule has 2 aliphatic carbocycles. The van der Waals surface area contributed by atoms with Crippen LogP contribution in [0.1, 0.15) is 58.3 Å². The Morgan fingerprint density at radius 2 is 1.76 bits per heavy atom. The van der Waals surface area contributed by atoms with Gasteiger partial charge in [-0.15, -0.1) is 0 Å². The third-order valence-corrected chi connectivity index (χ3v) is 4.87. The molecule has 2 fully saturated rings. The monoisotopic (exact) mass is 238 g/mol. The smallest absolute Gasteiger partial charge is 0.0223 e. The van der Waals surface area contributed by atoms with Gasteiger partial charge in [0.25, 0.3) is 0 Å². The molecule has 0 spiro atoms. The summed E-state index contributed by atoms with van der Waals surface area (Å²) in [5.41, 5.74) is 0. The van der Waals surface area contributed by atoms with Crippen molar-refractivity contribution in [1.29, 1.82) is 0 Å². The van der Waals surface area contributed by atoms with Crippen molar-refractivity contribution in [3.05, 3.63) is 0 Å². The Labute approximate surface area is 107 Å². The molecule has 2 aliphatic rings. The van der Waals surface area contributed by atoms with Crippen molar-refractivity contribution in [3.63, 3.8) is 0 Å². The van der Waals surface area contributed by atoms with Crippen LogP contribution in [0, 0.1) is 5.92 Å². The minimum absolute atomic E-state index is 0.742. The van der Waals surface area contributed by atoms with Crippen LogP contribution >= 0.6 is 0 Å². The molecule has 100 valence electrons. The molecule has 0 bridgehead atoms. The summed E-state index contributed by atoms with van der Waals surface area (Å²) in [5, 5.41) is 3.74. The zero-order chi connectivity index (χ0) is 12.1. The zero-order valence-electron chi connectivity index (χ0n) is 11.8. The molecule has 0 heterocycles. The molecule has 0 aromatic carbocycles. The van der Waals surface area contributed by atoms with Gasteiger partial charge in [0.2, 0.25) is 0 Å². The van der Waals surface area contributed by atoms with E-state index in [1.807, 2.05) is 0 Å². The fraction of sp³-hybridized carbons (Fsp3) is 1.00. The average molecular weight is 238 g/mol. The molecule has 1 unspecified atom stereocenters. The van der Waals surface area contributed by atoms with E-state index >= 15 is 0 Å². The van der Waals surface area contributed by atoms with E-state index < -0.39 is 0 Å². The largest absolute Gasteiger partial charge is 0.313 e. The predicted octanol–water partition coefficient (Wildman–Crippen LogP) is 3.03. The van der Waals surface area contributed by atoms with Crippen LogP contribution in [0.4, 0.5) is 0 Å². The first-order valence-electron chi connectivity index (χ1n) is 7.75. The van der Waals surface area contributed by atoms with E-state index in [0.29, 0.717) is 0 Å². The van der Waals surface area contributed by atoms with Gasteiger partial charge in [0.15, 0.2) is 0 Å². The normalized spacial score (nSPS) is 24.9. The van der Waals surface area contributed by atoms with E-state index in [9.17, 15) is 0 Å². The Morgan fingerprint density at radius 3 is 2.29 bits per heavy atom. The Morgan fingerprint density at radius 1 is 1.06 bits per heavy atom. The van der Waals surface area contributed by atoms with Crippen LogP contribution in [0.2, 0.25) is 0 Å². The van der Waals surface area contributed by atoms with Crippen molar-refractivity contribution in [1.82, 2.24) is 10.2 Å². The highest BCUT2D eigenvalue weighted by Gasteiger charge is 2.28. The van der Waals surface area contributed by atoms with Gasteiger partial charge in [-0.25, -0.2) is 0 Å². The first kappa shape index (κ1) is 13.4. The van der Waals surface area contributed by atoms with Crippen molar-refractivity contribution in [2.75, 3.05) is 20.1 Å². The van der Waals surface area contributed by atoms with Crippen molar-refractivity contribution < 1.29 is 0 Å². The minimum atomic E-state index is 0.742. The molecule has 1 atom stereocenters. The first-order chi connectivity index (χ1) is 8.31. The lowest BCUT2D eigenvalue weighted by molar-refractivity contribution is 0.123. The molecule has 0 aliphatic heterocycles. The van der Waals surface area contributed by atoms with E-state index in [1.165, 1.54) is 57.9 Å². The summed E-state index contributed by atoms with van der Waals surface area (Å²) in [6.45, 7) is 4.64. The van der Waals surface area contributed by atoms with Crippen LogP contribution in [0.5, 0.6) is 0 Å². The van der Waals surface area contributed by atoms with E-state index in [0.717, 1.165) is 24.5 Å². The molecule has 0 aromatic rings. The van der Waals surface area contributed by atoms with Crippen LogP contribution in [0.3, 0.4) is 0 Å². The fourth-order valence-electron chi connectivity index (χ4n) is 3.47. The molecule has 1 N–H and O–H groups in total. The molecule has 0 aromatic heterocycles. The van der Waals surface area contributed by atoms with Crippen molar-refractivity contribution in [3.8, 4) is 0 Å². The van der Waals surface area contributed by atoms with Gasteiger partial charge < -0.3 is 10.2 Å². The Bertz CT molecular complexity index is 207. The van der Waals surface area contributed by atoms with Crippen molar-refractivity contribution in [2.45, 2.75) is 70.4 Å². The van der Waals surface area contributed by atoms with Crippen LogP contribution < -0.4 is 5.32 Å². The van der Waals surface area contributed by atoms with Gasteiger partial charge in [-0.3, -0.25) is 0 Å². The van der Waals surface area contributed by atoms with Crippen LogP contribution in [0.15, 0.2) is 0 Å².